The maximum Gasteiger partial charge on any atom is 0.0354 e. The van der Waals surface area contributed by atoms with E-state index in [4.69, 9.17) is 0 Å². The van der Waals surface area contributed by atoms with Crippen LogP contribution < -0.4 is 5.32 Å². The molecule has 1 nitrogen and oxygen atoms in total. The molecule has 3 fully saturated rings. The second-order valence-corrected chi connectivity index (χ2v) is 7.41. The average Bonchev–Trinajstić information content (AvgIpc) is 2.87. The molecule has 1 N–H and O–H groups in total. The van der Waals surface area contributed by atoms with Gasteiger partial charge in [0.2, 0.25) is 0 Å². The largest absolute Gasteiger partial charge is 0.310 e. The number of rotatable bonds is 5. The van der Waals surface area contributed by atoms with Crippen LogP contribution in [0.15, 0.2) is 24.3 Å². The molecule has 3 aliphatic carbocycles. The molecule has 2 bridgehead atoms. The van der Waals surface area contributed by atoms with Crippen LogP contribution in [0.3, 0.4) is 0 Å². The fourth-order valence-electron chi connectivity index (χ4n) is 5.48. The lowest BCUT2D eigenvalue weighted by atomic mass is 9.92. The first kappa shape index (κ1) is 12.9. The first-order valence-corrected chi connectivity index (χ1v) is 8.59. The van der Waals surface area contributed by atoms with Gasteiger partial charge in [0.05, 0.1) is 0 Å². The quantitative estimate of drug-likeness (QED) is 0.839. The average molecular weight is 269 g/mol. The first-order chi connectivity index (χ1) is 9.79. The van der Waals surface area contributed by atoms with Gasteiger partial charge in [-0.25, -0.2) is 0 Å². The van der Waals surface area contributed by atoms with Crippen LogP contribution in [-0.2, 0) is 0 Å². The number of hydrogen-bond donors (Lipinski definition) is 1. The number of hydrogen-bond acceptors (Lipinski definition) is 1. The van der Waals surface area contributed by atoms with Crippen LogP contribution in [-0.4, -0.2) is 6.54 Å². The molecule has 5 unspecified atom stereocenters. The Morgan fingerprint density at radius 3 is 2.60 bits per heavy atom. The zero-order chi connectivity index (χ0) is 13.7. The van der Waals surface area contributed by atoms with Crippen molar-refractivity contribution in [2.24, 2.45) is 29.6 Å². The molecule has 108 valence electrons. The van der Waals surface area contributed by atoms with Gasteiger partial charge in [0.15, 0.2) is 0 Å². The zero-order valence-corrected chi connectivity index (χ0v) is 12.8. The molecule has 1 aromatic carbocycles. The summed E-state index contributed by atoms with van der Waals surface area (Å²) in [6.45, 7) is 5.65. The summed E-state index contributed by atoms with van der Waals surface area (Å²) in [5, 5.41) is 3.87. The lowest BCUT2D eigenvalue weighted by molar-refractivity contribution is 0.370. The van der Waals surface area contributed by atoms with E-state index in [-0.39, 0.29) is 0 Å². The summed E-state index contributed by atoms with van der Waals surface area (Å²) >= 11 is 0. The van der Waals surface area contributed by atoms with E-state index in [1.165, 1.54) is 30.4 Å². The van der Waals surface area contributed by atoms with Crippen LogP contribution in [0.4, 0.5) is 0 Å². The van der Waals surface area contributed by atoms with Gasteiger partial charge in [-0.2, -0.15) is 0 Å². The Morgan fingerprint density at radius 1 is 1.20 bits per heavy atom. The van der Waals surface area contributed by atoms with Crippen LogP contribution >= 0.6 is 0 Å². The number of fused-ring (bicyclic) bond motifs is 5. The first-order valence-electron chi connectivity index (χ1n) is 8.59. The number of aryl methyl sites for hydroxylation is 1. The van der Waals surface area contributed by atoms with E-state index >= 15 is 0 Å². The minimum Gasteiger partial charge on any atom is -0.310 e. The summed E-state index contributed by atoms with van der Waals surface area (Å²) in [5.74, 6) is 5.21. The number of nitrogens with one attached hydrogen (secondary N) is 1. The van der Waals surface area contributed by atoms with Crippen molar-refractivity contribution in [2.45, 2.75) is 45.6 Å². The molecule has 0 aliphatic heterocycles. The topological polar surface area (TPSA) is 12.0 Å². The van der Waals surface area contributed by atoms with Crippen molar-refractivity contribution in [1.82, 2.24) is 5.32 Å². The minimum absolute atomic E-state index is 0.619. The van der Waals surface area contributed by atoms with Crippen LogP contribution in [0.1, 0.15) is 49.8 Å². The van der Waals surface area contributed by atoms with Gasteiger partial charge < -0.3 is 5.32 Å². The molecule has 0 saturated heterocycles. The molecule has 4 rings (SSSR count). The monoisotopic (exact) mass is 269 g/mol. The molecule has 0 aromatic heterocycles. The highest BCUT2D eigenvalue weighted by Gasteiger charge is 2.66. The normalized spacial score (nSPS) is 38.8. The standard InChI is InChI=1S/C19H27N/c1-3-9-20-19(15-6-4-5-12(2)10-15)18-16-13-7-8-14(11-13)17(16)18/h4-6,10,13-14,16-20H,3,7-9,11H2,1-2H3. The van der Waals surface area contributed by atoms with Gasteiger partial charge in [-0.1, -0.05) is 36.8 Å². The van der Waals surface area contributed by atoms with Crippen molar-refractivity contribution >= 4 is 0 Å². The van der Waals surface area contributed by atoms with E-state index in [9.17, 15) is 0 Å². The summed E-state index contributed by atoms with van der Waals surface area (Å²) in [7, 11) is 0. The van der Waals surface area contributed by atoms with Crippen LogP contribution in [0.5, 0.6) is 0 Å². The van der Waals surface area contributed by atoms with Crippen molar-refractivity contribution in [3.05, 3.63) is 35.4 Å². The molecule has 3 saturated carbocycles. The Labute approximate surface area is 123 Å². The van der Waals surface area contributed by atoms with Gasteiger partial charge in [0.1, 0.15) is 0 Å². The predicted octanol–water partition coefficient (Wildman–Crippen LogP) is 4.33. The summed E-state index contributed by atoms with van der Waals surface area (Å²) in [5.41, 5.74) is 2.94. The SMILES string of the molecule is CCCNC(c1cccc(C)c1)C1C2C3CCC(C3)C21. The molecule has 3 aliphatic rings. The fraction of sp³-hybridized carbons (Fsp3) is 0.684. The Morgan fingerprint density at radius 2 is 1.95 bits per heavy atom. The van der Waals surface area contributed by atoms with Crippen molar-refractivity contribution in [3.63, 3.8) is 0 Å². The highest BCUT2D eigenvalue weighted by atomic mass is 15.0. The Balaban J connectivity index is 1.57. The van der Waals surface area contributed by atoms with Gasteiger partial charge in [0.25, 0.3) is 0 Å². The molecular weight excluding hydrogens is 242 g/mol. The number of benzene rings is 1. The van der Waals surface area contributed by atoms with Gasteiger partial charge in [-0.05, 0) is 74.3 Å². The highest BCUT2D eigenvalue weighted by molar-refractivity contribution is 5.29. The van der Waals surface area contributed by atoms with E-state index < -0.39 is 0 Å². The van der Waals surface area contributed by atoms with Crippen molar-refractivity contribution in [2.75, 3.05) is 6.54 Å². The van der Waals surface area contributed by atoms with Crippen LogP contribution in [0, 0.1) is 36.5 Å². The lowest BCUT2D eigenvalue weighted by Crippen LogP contribution is -2.26. The Hall–Kier alpha value is -0.820. The smallest absolute Gasteiger partial charge is 0.0354 e. The van der Waals surface area contributed by atoms with Gasteiger partial charge in [-0.15, -0.1) is 0 Å². The van der Waals surface area contributed by atoms with E-state index in [2.05, 4.69) is 43.4 Å². The molecule has 20 heavy (non-hydrogen) atoms. The van der Waals surface area contributed by atoms with Gasteiger partial charge >= 0.3 is 0 Å². The zero-order valence-electron chi connectivity index (χ0n) is 12.8. The van der Waals surface area contributed by atoms with Crippen molar-refractivity contribution in [1.29, 1.82) is 0 Å². The molecule has 0 radical (unpaired) electrons. The van der Waals surface area contributed by atoms with E-state index in [1.54, 1.807) is 6.42 Å². The summed E-state index contributed by atoms with van der Waals surface area (Å²) in [4.78, 5) is 0. The Bertz CT molecular complexity index is 478. The van der Waals surface area contributed by atoms with Crippen LogP contribution in [0.25, 0.3) is 0 Å². The van der Waals surface area contributed by atoms with E-state index in [1.807, 2.05) is 0 Å². The molecule has 0 spiro atoms. The second kappa shape index (κ2) is 4.87. The summed E-state index contributed by atoms with van der Waals surface area (Å²) < 4.78 is 0. The third-order valence-corrected chi connectivity index (χ3v) is 6.20. The highest BCUT2D eigenvalue weighted by Crippen LogP contribution is 2.72. The fourth-order valence-corrected chi connectivity index (χ4v) is 5.48. The molecule has 1 heteroatoms. The molecule has 5 atom stereocenters. The predicted molar refractivity (Wildman–Crippen MR) is 83.5 cm³/mol. The van der Waals surface area contributed by atoms with E-state index in [0.717, 1.165) is 36.1 Å². The van der Waals surface area contributed by atoms with Crippen molar-refractivity contribution in [3.8, 4) is 0 Å². The van der Waals surface area contributed by atoms with Crippen molar-refractivity contribution < 1.29 is 0 Å². The van der Waals surface area contributed by atoms with Crippen LogP contribution in [0.2, 0.25) is 0 Å². The molecule has 1 aromatic rings. The maximum atomic E-state index is 3.87. The summed E-state index contributed by atoms with van der Waals surface area (Å²) in [6, 6.07) is 9.82. The maximum absolute atomic E-state index is 3.87. The van der Waals surface area contributed by atoms with Gasteiger partial charge in [-0.3, -0.25) is 0 Å². The molecule has 0 heterocycles. The molecule has 0 amide bonds. The summed E-state index contributed by atoms with van der Waals surface area (Å²) in [6.07, 6.45) is 5.84. The van der Waals surface area contributed by atoms with Gasteiger partial charge in [0, 0.05) is 6.04 Å². The minimum atomic E-state index is 0.619. The third-order valence-electron chi connectivity index (χ3n) is 6.20. The van der Waals surface area contributed by atoms with E-state index in [0.29, 0.717) is 6.04 Å². The molecular formula is C19H27N. The second-order valence-electron chi connectivity index (χ2n) is 7.41. The Kier molecular flexibility index (Phi) is 3.14. The third kappa shape index (κ3) is 1.94. The lowest BCUT2D eigenvalue weighted by Gasteiger charge is -2.23.